The van der Waals surface area contributed by atoms with E-state index in [1.165, 1.54) is 24.1 Å². The van der Waals surface area contributed by atoms with Crippen LogP contribution in [0.2, 0.25) is 0 Å². The number of hydrogen-bond donors (Lipinski definition) is 1. The summed E-state index contributed by atoms with van der Waals surface area (Å²) in [6.07, 6.45) is -3.56. The Kier molecular flexibility index (Phi) is 4.95. The van der Waals surface area contributed by atoms with Gasteiger partial charge in [-0.25, -0.2) is 0 Å². The van der Waals surface area contributed by atoms with Gasteiger partial charge in [-0.2, -0.15) is 13.2 Å². The predicted octanol–water partition coefficient (Wildman–Crippen LogP) is 2.96. The third-order valence-corrected chi connectivity index (χ3v) is 5.08. The lowest BCUT2D eigenvalue weighted by Crippen LogP contribution is -2.49. The van der Waals surface area contributed by atoms with Crippen molar-refractivity contribution >= 4 is 22.8 Å². The van der Waals surface area contributed by atoms with Crippen molar-refractivity contribution in [3.05, 3.63) is 45.7 Å². The van der Waals surface area contributed by atoms with E-state index in [0.717, 1.165) is 12.1 Å². The van der Waals surface area contributed by atoms with Crippen molar-refractivity contribution < 1.29 is 27.5 Å². The molecule has 3 rings (SSSR count). The number of para-hydroxylation sites is 1. The molecule has 1 unspecified atom stereocenters. The third kappa shape index (κ3) is 3.48. The lowest BCUT2D eigenvalue weighted by molar-refractivity contribution is -0.154. The molecule has 28 heavy (non-hydrogen) atoms. The number of carbonyl (C=O) groups excluding carboxylic acids is 2. The lowest BCUT2D eigenvalue weighted by atomic mass is 9.81. The van der Waals surface area contributed by atoms with Crippen molar-refractivity contribution in [3.8, 4) is 0 Å². The molecule has 1 saturated heterocycles. The molecule has 0 spiro atoms. The van der Waals surface area contributed by atoms with E-state index in [1.807, 2.05) is 0 Å². The Hall–Kier alpha value is -2.84. The summed E-state index contributed by atoms with van der Waals surface area (Å²) in [5, 5.41) is 0.102. The smallest absolute Gasteiger partial charge is 0.418 e. The summed E-state index contributed by atoms with van der Waals surface area (Å²) in [5.74, 6) is -1.08. The Bertz CT molecular complexity index is 999. The Morgan fingerprint density at radius 3 is 2.64 bits per heavy atom. The van der Waals surface area contributed by atoms with E-state index in [4.69, 9.17) is 4.74 Å². The molecule has 1 N–H and O–H groups in total. The maximum atomic E-state index is 13.2. The molecule has 6 nitrogen and oxygen atoms in total. The number of carbonyl (C=O) groups is 2. The molecule has 0 saturated carbocycles. The monoisotopic (exact) mass is 396 g/mol. The summed E-state index contributed by atoms with van der Waals surface area (Å²) in [6.45, 7) is 2.09. The van der Waals surface area contributed by atoms with Gasteiger partial charge < -0.3 is 14.6 Å². The maximum Gasteiger partial charge on any atom is 0.418 e. The number of amides is 1. The number of H-pyrrole nitrogens is 1. The average Bonchev–Trinajstić information content (AvgIpc) is 2.65. The van der Waals surface area contributed by atoms with E-state index in [1.54, 1.807) is 6.92 Å². The first-order chi connectivity index (χ1) is 13.1. The molecular weight excluding hydrogens is 377 g/mol. The first-order valence-electron chi connectivity index (χ1n) is 8.68. The minimum atomic E-state index is -4.64. The number of ether oxygens (including phenoxy) is 1. The summed E-state index contributed by atoms with van der Waals surface area (Å²) in [7, 11) is 1.26. The summed E-state index contributed by atoms with van der Waals surface area (Å²) < 4.78 is 44.3. The van der Waals surface area contributed by atoms with Crippen LogP contribution in [0.4, 0.5) is 13.2 Å². The number of pyridine rings is 1. The number of piperidine rings is 1. The second-order valence-electron chi connectivity index (χ2n) is 7.16. The van der Waals surface area contributed by atoms with E-state index >= 15 is 0 Å². The Labute approximate surface area is 158 Å². The molecule has 2 aromatic rings. The number of alkyl halides is 3. The van der Waals surface area contributed by atoms with Gasteiger partial charge in [-0.15, -0.1) is 0 Å². The van der Waals surface area contributed by atoms with E-state index in [-0.39, 0.29) is 23.0 Å². The van der Waals surface area contributed by atoms with Crippen molar-refractivity contribution in [1.82, 2.24) is 9.88 Å². The minimum absolute atomic E-state index is 0.0680. The Morgan fingerprint density at radius 1 is 1.29 bits per heavy atom. The molecule has 1 aliphatic rings. The predicted molar refractivity (Wildman–Crippen MR) is 94.8 cm³/mol. The Balaban J connectivity index is 2.00. The van der Waals surface area contributed by atoms with Crippen LogP contribution in [0.1, 0.15) is 35.7 Å². The third-order valence-electron chi connectivity index (χ3n) is 5.08. The van der Waals surface area contributed by atoms with Crippen molar-refractivity contribution in [1.29, 1.82) is 0 Å². The van der Waals surface area contributed by atoms with Crippen LogP contribution < -0.4 is 5.56 Å². The number of likely N-dealkylation sites (tertiary alicyclic amines) is 1. The maximum absolute atomic E-state index is 13.2. The molecule has 0 bridgehead atoms. The van der Waals surface area contributed by atoms with Gasteiger partial charge in [0, 0.05) is 13.1 Å². The van der Waals surface area contributed by atoms with Crippen LogP contribution >= 0.6 is 0 Å². The van der Waals surface area contributed by atoms with Gasteiger partial charge in [-0.1, -0.05) is 12.1 Å². The highest BCUT2D eigenvalue weighted by atomic mass is 19.4. The molecule has 1 aliphatic heterocycles. The number of nitrogens with zero attached hydrogens (tertiary/aromatic N) is 1. The number of fused-ring (bicyclic) bond motifs is 1. The zero-order valence-corrected chi connectivity index (χ0v) is 15.4. The van der Waals surface area contributed by atoms with Crippen LogP contribution in [0.5, 0.6) is 0 Å². The number of aromatic nitrogens is 1. The van der Waals surface area contributed by atoms with Gasteiger partial charge in [0.15, 0.2) is 0 Å². The molecule has 1 amide bonds. The number of esters is 1. The number of rotatable bonds is 2. The Morgan fingerprint density at radius 2 is 2.00 bits per heavy atom. The van der Waals surface area contributed by atoms with Gasteiger partial charge in [0.05, 0.1) is 23.6 Å². The van der Waals surface area contributed by atoms with Crippen molar-refractivity contribution in [2.75, 3.05) is 20.2 Å². The second-order valence-corrected chi connectivity index (χ2v) is 7.16. The highest BCUT2D eigenvalue weighted by Crippen LogP contribution is 2.34. The molecule has 1 atom stereocenters. The molecule has 2 heterocycles. The number of aromatic amines is 1. The fourth-order valence-electron chi connectivity index (χ4n) is 3.62. The minimum Gasteiger partial charge on any atom is -0.469 e. The average molecular weight is 396 g/mol. The summed E-state index contributed by atoms with van der Waals surface area (Å²) in [6, 6.07) is 4.64. The van der Waals surface area contributed by atoms with Gasteiger partial charge in [0.2, 0.25) is 0 Å². The zero-order chi connectivity index (χ0) is 20.7. The molecule has 1 aromatic heterocycles. The van der Waals surface area contributed by atoms with E-state index in [2.05, 4.69) is 4.98 Å². The van der Waals surface area contributed by atoms with Crippen molar-refractivity contribution in [2.45, 2.75) is 25.9 Å². The van der Waals surface area contributed by atoms with Gasteiger partial charge in [-0.05, 0) is 37.3 Å². The molecular formula is C19H19F3N2O4. The largest absolute Gasteiger partial charge is 0.469 e. The molecule has 1 aromatic carbocycles. The van der Waals surface area contributed by atoms with Crippen molar-refractivity contribution in [3.63, 3.8) is 0 Å². The van der Waals surface area contributed by atoms with Gasteiger partial charge >= 0.3 is 12.1 Å². The van der Waals surface area contributed by atoms with E-state index < -0.39 is 34.6 Å². The number of nitrogens with one attached hydrogen (secondary N) is 1. The number of hydrogen-bond acceptors (Lipinski definition) is 4. The molecule has 150 valence electrons. The number of methoxy groups -OCH3 is 1. The van der Waals surface area contributed by atoms with Crippen LogP contribution in [0.3, 0.4) is 0 Å². The number of benzene rings is 1. The highest BCUT2D eigenvalue weighted by Gasteiger charge is 2.41. The highest BCUT2D eigenvalue weighted by molar-refractivity contribution is 5.98. The molecule has 0 aliphatic carbocycles. The van der Waals surface area contributed by atoms with Crippen LogP contribution in [0, 0.1) is 5.41 Å². The number of halogens is 3. The van der Waals surface area contributed by atoms with E-state index in [0.29, 0.717) is 19.4 Å². The molecule has 1 fully saturated rings. The van der Waals surface area contributed by atoms with Crippen LogP contribution in [-0.4, -0.2) is 42.0 Å². The van der Waals surface area contributed by atoms with Gasteiger partial charge in [0.25, 0.3) is 11.5 Å². The van der Waals surface area contributed by atoms with E-state index in [9.17, 15) is 27.6 Å². The van der Waals surface area contributed by atoms with Crippen LogP contribution in [-0.2, 0) is 15.7 Å². The van der Waals surface area contributed by atoms with Crippen LogP contribution in [0.25, 0.3) is 10.9 Å². The zero-order valence-electron chi connectivity index (χ0n) is 15.4. The first kappa shape index (κ1) is 19.9. The molecule has 0 radical (unpaired) electrons. The first-order valence-corrected chi connectivity index (χ1v) is 8.68. The lowest BCUT2D eigenvalue weighted by Gasteiger charge is -2.38. The van der Waals surface area contributed by atoms with Crippen molar-refractivity contribution in [2.24, 2.45) is 5.41 Å². The van der Waals surface area contributed by atoms with Gasteiger partial charge in [-0.3, -0.25) is 14.4 Å². The topological polar surface area (TPSA) is 79.5 Å². The van der Waals surface area contributed by atoms with Crippen LogP contribution in [0.15, 0.2) is 29.1 Å². The fraction of sp³-hybridized carbons (Fsp3) is 0.421. The second kappa shape index (κ2) is 6.96. The quantitative estimate of drug-likeness (QED) is 0.792. The summed E-state index contributed by atoms with van der Waals surface area (Å²) >= 11 is 0. The normalized spacial score (nSPS) is 20.2. The fourth-order valence-corrected chi connectivity index (χ4v) is 3.62. The van der Waals surface area contributed by atoms with Gasteiger partial charge in [0.1, 0.15) is 5.56 Å². The standard InChI is InChI=1S/C19H19F3N2O4/c1-18(17(27)28-2)7-4-8-24(10-18)16(26)12-9-11-5-3-6-13(19(20,21)22)14(11)23-15(12)25/h3,5-6,9H,4,7-8,10H2,1-2H3,(H,23,25). The summed E-state index contributed by atoms with van der Waals surface area (Å²) in [4.78, 5) is 40.9. The molecule has 9 heteroatoms. The SMILES string of the molecule is COC(=O)C1(C)CCCN(C(=O)c2cc3cccc(C(F)(F)F)c3[nH]c2=O)C1. The summed E-state index contributed by atoms with van der Waals surface area (Å²) in [5.41, 5.74) is -3.40.